The summed E-state index contributed by atoms with van der Waals surface area (Å²) in [4.78, 5) is 25.4. The molecule has 1 aliphatic heterocycles. The summed E-state index contributed by atoms with van der Waals surface area (Å²) in [6.45, 7) is 2.90. The van der Waals surface area contributed by atoms with Crippen LogP contribution in [-0.4, -0.2) is 36.3 Å². The molecule has 1 aromatic carbocycles. The summed E-state index contributed by atoms with van der Waals surface area (Å²) in [7, 11) is 0. The van der Waals surface area contributed by atoms with Crippen LogP contribution in [0.15, 0.2) is 30.3 Å². The second-order valence-electron chi connectivity index (χ2n) is 5.91. The summed E-state index contributed by atoms with van der Waals surface area (Å²) in [5.41, 5.74) is 6.31. The predicted molar refractivity (Wildman–Crippen MR) is 85.9 cm³/mol. The number of amides is 2. The summed E-state index contributed by atoms with van der Waals surface area (Å²) >= 11 is 0. The van der Waals surface area contributed by atoms with Gasteiger partial charge in [0.2, 0.25) is 11.8 Å². The molecule has 0 bridgehead atoms. The number of piperidine rings is 1. The van der Waals surface area contributed by atoms with Crippen molar-refractivity contribution in [2.75, 3.05) is 19.6 Å². The zero-order valence-electron chi connectivity index (χ0n) is 13.0. The standard InChI is InChI=1S/C17H25N3O2/c18-16(21)8-11-20(13-15-4-2-1-3-5-15)17(22)12-14-6-9-19-10-7-14/h1-5,14,19H,6-13H2,(H2,18,21). The molecular formula is C17H25N3O2. The number of benzene rings is 1. The maximum absolute atomic E-state index is 12.6. The molecule has 0 unspecified atom stereocenters. The largest absolute Gasteiger partial charge is 0.370 e. The van der Waals surface area contributed by atoms with Gasteiger partial charge in [0.05, 0.1) is 0 Å². The number of nitrogens with zero attached hydrogens (tertiary/aromatic N) is 1. The predicted octanol–water partition coefficient (Wildman–Crippen LogP) is 1.28. The second-order valence-corrected chi connectivity index (χ2v) is 5.91. The van der Waals surface area contributed by atoms with Crippen LogP contribution in [0.4, 0.5) is 0 Å². The smallest absolute Gasteiger partial charge is 0.223 e. The van der Waals surface area contributed by atoms with Crippen molar-refractivity contribution in [1.82, 2.24) is 10.2 Å². The number of hydrogen-bond donors (Lipinski definition) is 2. The van der Waals surface area contributed by atoms with Gasteiger partial charge in [-0.2, -0.15) is 0 Å². The fourth-order valence-corrected chi connectivity index (χ4v) is 2.80. The molecule has 0 saturated carbocycles. The summed E-state index contributed by atoms with van der Waals surface area (Å²) in [5, 5.41) is 3.31. The number of rotatable bonds is 7. The zero-order valence-corrected chi connectivity index (χ0v) is 13.0. The van der Waals surface area contributed by atoms with Gasteiger partial charge in [-0.3, -0.25) is 9.59 Å². The van der Waals surface area contributed by atoms with Crippen molar-refractivity contribution in [3.8, 4) is 0 Å². The van der Waals surface area contributed by atoms with Gasteiger partial charge < -0.3 is 16.0 Å². The lowest BCUT2D eigenvalue weighted by molar-refractivity contribution is -0.133. The maximum atomic E-state index is 12.6. The first kappa shape index (κ1) is 16.5. The van der Waals surface area contributed by atoms with E-state index in [1.54, 1.807) is 4.90 Å². The van der Waals surface area contributed by atoms with E-state index in [0.717, 1.165) is 31.5 Å². The van der Waals surface area contributed by atoms with Gasteiger partial charge in [-0.25, -0.2) is 0 Å². The molecule has 0 aromatic heterocycles. The lowest BCUT2D eigenvalue weighted by atomic mass is 9.94. The fourth-order valence-electron chi connectivity index (χ4n) is 2.80. The summed E-state index contributed by atoms with van der Waals surface area (Å²) in [6.07, 6.45) is 2.86. The minimum absolute atomic E-state index is 0.122. The van der Waals surface area contributed by atoms with E-state index in [0.29, 0.717) is 25.4 Å². The quantitative estimate of drug-likeness (QED) is 0.797. The Kier molecular flexibility index (Phi) is 6.40. The molecule has 5 nitrogen and oxygen atoms in total. The van der Waals surface area contributed by atoms with Crippen LogP contribution < -0.4 is 11.1 Å². The number of primary amides is 1. The summed E-state index contributed by atoms with van der Waals surface area (Å²) in [6, 6.07) is 9.86. The average Bonchev–Trinajstić information content (AvgIpc) is 2.53. The Morgan fingerprint density at radius 3 is 2.50 bits per heavy atom. The van der Waals surface area contributed by atoms with E-state index in [2.05, 4.69) is 5.32 Å². The number of carbonyl (C=O) groups excluding carboxylic acids is 2. The molecule has 1 aromatic rings. The Morgan fingerprint density at radius 2 is 1.86 bits per heavy atom. The molecule has 120 valence electrons. The molecule has 3 N–H and O–H groups in total. The van der Waals surface area contributed by atoms with Crippen molar-refractivity contribution in [1.29, 1.82) is 0 Å². The number of hydrogen-bond acceptors (Lipinski definition) is 3. The van der Waals surface area contributed by atoms with Crippen LogP contribution in [-0.2, 0) is 16.1 Å². The highest BCUT2D eigenvalue weighted by molar-refractivity contribution is 5.78. The molecule has 1 saturated heterocycles. The molecule has 1 heterocycles. The Morgan fingerprint density at radius 1 is 1.18 bits per heavy atom. The molecule has 1 aliphatic rings. The van der Waals surface area contributed by atoms with Gasteiger partial charge in [0, 0.05) is 25.9 Å². The number of nitrogens with one attached hydrogen (secondary N) is 1. The maximum Gasteiger partial charge on any atom is 0.223 e. The molecule has 1 fully saturated rings. The van der Waals surface area contributed by atoms with E-state index in [1.807, 2.05) is 30.3 Å². The molecule has 22 heavy (non-hydrogen) atoms. The van der Waals surface area contributed by atoms with E-state index in [4.69, 9.17) is 5.73 Å². The minimum Gasteiger partial charge on any atom is -0.370 e. The van der Waals surface area contributed by atoms with Gasteiger partial charge in [0.25, 0.3) is 0 Å². The fraction of sp³-hybridized carbons (Fsp3) is 0.529. The topological polar surface area (TPSA) is 75.4 Å². The van der Waals surface area contributed by atoms with Crippen LogP contribution in [0, 0.1) is 5.92 Å². The van der Waals surface area contributed by atoms with Crippen LogP contribution in [0.2, 0.25) is 0 Å². The Balaban J connectivity index is 1.95. The minimum atomic E-state index is -0.368. The highest BCUT2D eigenvalue weighted by atomic mass is 16.2. The van der Waals surface area contributed by atoms with Crippen molar-refractivity contribution in [2.24, 2.45) is 11.7 Å². The number of nitrogens with two attached hydrogens (primary N) is 1. The third-order valence-electron chi connectivity index (χ3n) is 4.12. The highest BCUT2D eigenvalue weighted by Crippen LogP contribution is 2.18. The lowest BCUT2D eigenvalue weighted by Crippen LogP contribution is -2.36. The van der Waals surface area contributed by atoms with Crippen molar-refractivity contribution in [3.63, 3.8) is 0 Å². The first-order valence-electron chi connectivity index (χ1n) is 7.96. The summed E-state index contributed by atoms with van der Waals surface area (Å²) in [5.74, 6) is 0.199. The van der Waals surface area contributed by atoms with Gasteiger partial charge in [0.15, 0.2) is 0 Å². The van der Waals surface area contributed by atoms with E-state index in [-0.39, 0.29) is 18.2 Å². The third-order valence-corrected chi connectivity index (χ3v) is 4.12. The van der Waals surface area contributed by atoms with Crippen molar-refractivity contribution in [3.05, 3.63) is 35.9 Å². The third kappa shape index (κ3) is 5.48. The van der Waals surface area contributed by atoms with Crippen LogP contribution in [0.5, 0.6) is 0 Å². The van der Waals surface area contributed by atoms with Crippen molar-refractivity contribution < 1.29 is 9.59 Å². The zero-order chi connectivity index (χ0) is 15.8. The average molecular weight is 303 g/mol. The molecule has 0 aliphatic carbocycles. The van der Waals surface area contributed by atoms with Gasteiger partial charge >= 0.3 is 0 Å². The van der Waals surface area contributed by atoms with Crippen LogP contribution >= 0.6 is 0 Å². The molecule has 0 atom stereocenters. The van der Waals surface area contributed by atoms with Crippen molar-refractivity contribution in [2.45, 2.75) is 32.2 Å². The first-order chi connectivity index (χ1) is 10.6. The Bertz CT molecular complexity index is 484. The van der Waals surface area contributed by atoms with E-state index in [9.17, 15) is 9.59 Å². The van der Waals surface area contributed by atoms with Gasteiger partial charge in [-0.15, -0.1) is 0 Å². The second kappa shape index (κ2) is 8.54. The molecule has 2 rings (SSSR count). The summed E-state index contributed by atoms with van der Waals surface area (Å²) < 4.78 is 0. The molecule has 2 amide bonds. The normalized spacial score (nSPS) is 15.5. The van der Waals surface area contributed by atoms with Crippen LogP contribution in [0.1, 0.15) is 31.2 Å². The lowest BCUT2D eigenvalue weighted by Gasteiger charge is -2.27. The van der Waals surface area contributed by atoms with Gasteiger partial charge in [0.1, 0.15) is 0 Å². The van der Waals surface area contributed by atoms with E-state index < -0.39 is 0 Å². The van der Waals surface area contributed by atoms with Crippen LogP contribution in [0.3, 0.4) is 0 Å². The SMILES string of the molecule is NC(=O)CCN(Cc1ccccc1)C(=O)CC1CCNCC1. The molecule has 5 heteroatoms. The van der Waals surface area contributed by atoms with Crippen LogP contribution in [0.25, 0.3) is 0 Å². The Hall–Kier alpha value is -1.88. The van der Waals surface area contributed by atoms with Gasteiger partial charge in [-0.05, 0) is 37.4 Å². The van der Waals surface area contributed by atoms with E-state index in [1.165, 1.54) is 0 Å². The Labute approximate surface area is 131 Å². The molecule has 0 radical (unpaired) electrons. The van der Waals surface area contributed by atoms with E-state index >= 15 is 0 Å². The first-order valence-corrected chi connectivity index (χ1v) is 7.96. The van der Waals surface area contributed by atoms with Gasteiger partial charge in [-0.1, -0.05) is 30.3 Å². The highest BCUT2D eigenvalue weighted by Gasteiger charge is 2.21. The number of carbonyl (C=O) groups is 2. The molecule has 0 spiro atoms. The monoisotopic (exact) mass is 303 g/mol. The molecular weight excluding hydrogens is 278 g/mol. The van der Waals surface area contributed by atoms with Crippen molar-refractivity contribution >= 4 is 11.8 Å².